The minimum absolute atomic E-state index is 0.132. The van der Waals surface area contributed by atoms with Gasteiger partial charge in [-0.25, -0.2) is 4.79 Å². The van der Waals surface area contributed by atoms with Crippen molar-refractivity contribution in [2.24, 2.45) is 5.73 Å². The molecule has 56 valence electrons. The second-order valence-corrected chi connectivity index (χ2v) is 2.10. The minimum Gasteiger partial charge on any atom is -0.506 e. The van der Waals surface area contributed by atoms with Gasteiger partial charge in [0.15, 0.2) is 17.6 Å². The summed E-state index contributed by atoms with van der Waals surface area (Å²) in [6, 6.07) is 0. The fourth-order valence-electron chi connectivity index (χ4n) is 0.803. The van der Waals surface area contributed by atoms with Gasteiger partial charge in [-0.05, 0) is 6.42 Å². The van der Waals surface area contributed by atoms with Crippen LogP contribution in [0.4, 0.5) is 0 Å². The van der Waals surface area contributed by atoms with Crippen LogP contribution < -0.4 is 5.73 Å². The van der Waals surface area contributed by atoms with Crippen molar-refractivity contribution in [3.63, 3.8) is 0 Å². The number of rotatable bonds is 1. The molecule has 4 heteroatoms. The Morgan fingerprint density at radius 1 is 1.80 bits per heavy atom. The molecule has 0 amide bonds. The van der Waals surface area contributed by atoms with E-state index in [9.17, 15) is 4.79 Å². The van der Waals surface area contributed by atoms with E-state index in [0.29, 0.717) is 6.42 Å². The Morgan fingerprint density at radius 2 is 2.40 bits per heavy atom. The van der Waals surface area contributed by atoms with Crippen LogP contribution in [0.5, 0.6) is 0 Å². The number of ether oxygens (including phenoxy) is 1. The maximum atomic E-state index is 10.6. The molecule has 0 aromatic carbocycles. The largest absolute Gasteiger partial charge is 0.506 e. The van der Waals surface area contributed by atoms with E-state index >= 15 is 0 Å². The predicted molar refractivity (Wildman–Crippen MR) is 34.0 cm³/mol. The Morgan fingerprint density at radius 3 is 2.60 bits per heavy atom. The van der Waals surface area contributed by atoms with Gasteiger partial charge < -0.3 is 15.6 Å². The lowest BCUT2D eigenvalue weighted by molar-refractivity contribution is -0.140. The van der Waals surface area contributed by atoms with Gasteiger partial charge in [-0.2, -0.15) is 0 Å². The van der Waals surface area contributed by atoms with Gasteiger partial charge in [0.25, 0.3) is 0 Å². The van der Waals surface area contributed by atoms with Gasteiger partial charge in [0.2, 0.25) is 0 Å². The molecule has 0 aromatic heterocycles. The molecular formula is C6H9NO3. The molecule has 1 atom stereocenters. The van der Waals surface area contributed by atoms with E-state index < -0.39 is 12.1 Å². The number of aliphatic hydroxyl groups excluding tert-OH is 1. The van der Waals surface area contributed by atoms with Crippen molar-refractivity contribution in [2.45, 2.75) is 19.4 Å². The van der Waals surface area contributed by atoms with Crippen molar-refractivity contribution in [3.8, 4) is 0 Å². The van der Waals surface area contributed by atoms with Gasteiger partial charge in [0.1, 0.15) is 0 Å². The number of esters is 1. The maximum absolute atomic E-state index is 10.6. The number of cyclic esters (lactones) is 1. The first kappa shape index (κ1) is 6.92. The normalized spacial score (nSPS) is 25.3. The number of hydrogen-bond acceptors (Lipinski definition) is 4. The first-order valence-corrected chi connectivity index (χ1v) is 3.06. The van der Waals surface area contributed by atoms with E-state index in [2.05, 4.69) is 4.74 Å². The zero-order chi connectivity index (χ0) is 7.72. The van der Waals surface area contributed by atoms with Crippen LogP contribution in [0.1, 0.15) is 13.3 Å². The monoisotopic (exact) mass is 143 g/mol. The van der Waals surface area contributed by atoms with Crippen molar-refractivity contribution >= 4 is 5.97 Å². The predicted octanol–water partition coefficient (Wildman–Crippen LogP) is 0.0501. The molecule has 10 heavy (non-hydrogen) atoms. The van der Waals surface area contributed by atoms with E-state index in [1.165, 1.54) is 0 Å². The summed E-state index contributed by atoms with van der Waals surface area (Å²) in [6.07, 6.45) is 0.0330. The molecule has 3 N–H and O–H groups in total. The zero-order valence-electron chi connectivity index (χ0n) is 5.63. The Bertz CT molecular complexity index is 197. The molecule has 1 unspecified atom stereocenters. The number of hydrogen-bond donors (Lipinski definition) is 2. The molecule has 1 heterocycles. The SMILES string of the molecule is CCC1OC(=O)C(N)=C1O. The average molecular weight is 143 g/mol. The highest BCUT2D eigenvalue weighted by atomic mass is 16.6. The van der Waals surface area contributed by atoms with Crippen LogP contribution in [0.3, 0.4) is 0 Å². The molecule has 0 aliphatic carbocycles. The van der Waals surface area contributed by atoms with E-state index in [0.717, 1.165) is 0 Å². The molecule has 1 aliphatic rings. The lowest BCUT2D eigenvalue weighted by atomic mass is 10.2. The van der Waals surface area contributed by atoms with Gasteiger partial charge in [0.05, 0.1) is 0 Å². The summed E-state index contributed by atoms with van der Waals surface area (Å²) in [6.45, 7) is 1.80. The van der Waals surface area contributed by atoms with Gasteiger partial charge in [-0.3, -0.25) is 0 Å². The van der Waals surface area contributed by atoms with E-state index in [1.54, 1.807) is 6.92 Å². The molecule has 4 nitrogen and oxygen atoms in total. The van der Waals surface area contributed by atoms with Crippen LogP contribution in [0.25, 0.3) is 0 Å². The number of aliphatic hydroxyl groups is 1. The maximum Gasteiger partial charge on any atom is 0.358 e. The average Bonchev–Trinajstić information content (AvgIpc) is 2.17. The third-order valence-corrected chi connectivity index (χ3v) is 1.42. The van der Waals surface area contributed by atoms with Crippen LogP contribution in [-0.4, -0.2) is 17.2 Å². The molecule has 0 radical (unpaired) electrons. The van der Waals surface area contributed by atoms with Crippen molar-refractivity contribution in [3.05, 3.63) is 11.5 Å². The summed E-state index contributed by atoms with van der Waals surface area (Å²) >= 11 is 0. The molecule has 0 fully saturated rings. The molecular weight excluding hydrogens is 134 g/mol. The van der Waals surface area contributed by atoms with Gasteiger partial charge in [-0.1, -0.05) is 6.92 Å². The van der Waals surface area contributed by atoms with Gasteiger partial charge >= 0.3 is 5.97 Å². The second kappa shape index (κ2) is 2.21. The summed E-state index contributed by atoms with van der Waals surface area (Å²) in [4.78, 5) is 10.6. The molecule has 0 saturated carbocycles. The summed E-state index contributed by atoms with van der Waals surface area (Å²) in [5.74, 6) is -0.753. The number of carbonyl (C=O) groups excluding carboxylic acids is 1. The zero-order valence-corrected chi connectivity index (χ0v) is 5.63. The quantitative estimate of drug-likeness (QED) is 0.509. The molecule has 0 saturated heterocycles. The first-order chi connectivity index (χ1) is 4.66. The molecule has 0 aromatic rings. The first-order valence-electron chi connectivity index (χ1n) is 3.06. The highest BCUT2D eigenvalue weighted by Crippen LogP contribution is 2.18. The van der Waals surface area contributed by atoms with Crippen LogP contribution in [0.15, 0.2) is 11.5 Å². The molecule has 0 bridgehead atoms. The van der Waals surface area contributed by atoms with Gasteiger partial charge in [-0.15, -0.1) is 0 Å². The van der Waals surface area contributed by atoms with Crippen molar-refractivity contribution in [2.75, 3.05) is 0 Å². The Kier molecular flexibility index (Phi) is 1.53. The third kappa shape index (κ3) is 0.814. The van der Waals surface area contributed by atoms with Gasteiger partial charge in [0, 0.05) is 0 Å². The van der Waals surface area contributed by atoms with E-state index in [4.69, 9.17) is 10.8 Å². The highest BCUT2D eigenvalue weighted by Gasteiger charge is 2.30. The number of nitrogens with two attached hydrogens (primary N) is 1. The van der Waals surface area contributed by atoms with Crippen LogP contribution in [0.2, 0.25) is 0 Å². The van der Waals surface area contributed by atoms with E-state index in [1.807, 2.05) is 0 Å². The van der Waals surface area contributed by atoms with Crippen molar-refractivity contribution < 1.29 is 14.6 Å². The van der Waals surface area contributed by atoms with Crippen molar-refractivity contribution in [1.82, 2.24) is 0 Å². The lowest BCUT2D eigenvalue weighted by Crippen LogP contribution is -2.09. The fraction of sp³-hybridized carbons (Fsp3) is 0.500. The van der Waals surface area contributed by atoms with Crippen LogP contribution in [-0.2, 0) is 9.53 Å². The lowest BCUT2D eigenvalue weighted by Gasteiger charge is -2.04. The van der Waals surface area contributed by atoms with Crippen molar-refractivity contribution in [1.29, 1.82) is 0 Å². The standard InChI is InChI=1S/C6H9NO3/c1-2-3-5(8)4(7)6(9)10-3/h3,8H,2,7H2,1H3. The summed E-state index contributed by atoms with van der Waals surface area (Å²) < 4.78 is 4.65. The van der Waals surface area contributed by atoms with Crippen LogP contribution >= 0.6 is 0 Å². The molecule has 1 rings (SSSR count). The smallest absolute Gasteiger partial charge is 0.358 e. The Labute approximate surface area is 58.3 Å². The fourth-order valence-corrected chi connectivity index (χ4v) is 0.803. The molecule has 1 aliphatic heterocycles. The number of carbonyl (C=O) groups is 1. The summed E-state index contributed by atoms with van der Waals surface area (Å²) in [5, 5.41) is 9.04. The topological polar surface area (TPSA) is 72.5 Å². The minimum atomic E-state index is -0.621. The summed E-state index contributed by atoms with van der Waals surface area (Å²) in [7, 11) is 0. The Balaban J connectivity index is 2.83. The second-order valence-electron chi connectivity index (χ2n) is 2.10. The highest BCUT2D eigenvalue weighted by molar-refractivity contribution is 5.90. The Hall–Kier alpha value is -1.19. The third-order valence-electron chi connectivity index (χ3n) is 1.42. The van der Waals surface area contributed by atoms with Crippen LogP contribution in [0, 0.1) is 0 Å². The van der Waals surface area contributed by atoms with E-state index in [-0.39, 0.29) is 11.5 Å². The molecule has 0 spiro atoms. The summed E-state index contributed by atoms with van der Waals surface area (Å²) in [5.41, 5.74) is 4.98.